The van der Waals surface area contributed by atoms with E-state index in [2.05, 4.69) is 15.0 Å². The van der Waals surface area contributed by atoms with Gasteiger partial charge in [-0.25, -0.2) is 0 Å². The zero-order valence-corrected chi connectivity index (χ0v) is 16.4. The minimum absolute atomic E-state index is 0.180. The molecule has 7 nitrogen and oxygen atoms in total. The molecule has 0 aliphatic heterocycles. The first-order chi connectivity index (χ1) is 13.0. The Kier molecular flexibility index (Phi) is 6.20. The molecule has 0 amide bonds. The molecule has 144 valence electrons. The largest absolute Gasteiger partial charge is 0.609 e. The van der Waals surface area contributed by atoms with E-state index in [0.717, 1.165) is 23.3 Å². The number of aromatic nitrogens is 3. The van der Waals surface area contributed by atoms with Crippen LogP contribution in [0.15, 0.2) is 29.6 Å². The van der Waals surface area contributed by atoms with Gasteiger partial charge in [-0.15, -0.1) is 0 Å². The van der Waals surface area contributed by atoms with Crippen molar-refractivity contribution in [3.8, 4) is 11.5 Å². The maximum atomic E-state index is 12.8. The SMILES string of the molecule is COCCCOc1ccnc(C[S+]([O-])c2nc3cc(C)c(O)cc3[nH]2)c1C. The fourth-order valence-corrected chi connectivity index (χ4v) is 3.77. The van der Waals surface area contributed by atoms with Crippen LogP contribution in [0.4, 0.5) is 0 Å². The first-order valence-electron chi connectivity index (χ1n) is 8.63. The summed E-state index contributed by atoms with van der Waals surface area (Å²) in [6.45, 7) is 4.90. The zero-order valence-electron chi connectivity index (χ0n) is 15.6. The van der Waals surface area contributed by atoms with Gasteiger partial charge in [-0.05, 0) is 31.5 Å². The summed E-state index contributed by atoms with van der Waals surface area (Å²) in [6, 6.07) is 5.16. The average molecular weight is 389 g/mol. The molecule has 0 fully saturated rings. The first-order valence-corrected chi connectivity index (χ1v) is 9.95. The van der Waals surface area contributed by atoms with Crippen LogP contribution in [0.5, 0.6) is 11.5 Å². The third-order valence-corrected chi connectivity index (χ3v) is 5.43. The number of aromatic amines is 1. The van der Waals surface area contributed by atoms with Gasteiger partial charge in [-0.2, -0.15) is 4.98 Å². The molecule has 2 heterocycles. The quantitative estimate of drug-likeness (QED) is 0.453. The number of nitrogens with zero attached hydrogens (tertiary/aromatic N) is 2. The number of fused-ring (bicyclic) bond motifs is 1. The van der Waals surface area contributed by atoms with Gasteiger partial charge in [0.05, 0.1) is 23.3 Å². The maximum absolute atomic E-state index is 12.8. The van der Waals surface area contributed by atoms with Crippen LogP contribution < -0.4 is 4.74 Å². The molecule has 8 heteroatoms. The number of benzene rings is 1. The Balaban J connectivity index is 1.74. The van der Waals surface area contributed by atoms with Crippen molar-refractivity contribution in [2.24, 2.45) is 0 Å². The predicted octanol–water partition coefficient (Wildman–Crippen LogP) is 3.00. The van der Waals surface area contributed by atoms with E-state index in [1.807, 2.05) is 6.92 Å². The van der Waals surface area contributed by atoms with Gasteiger partial charge in [-0.3, -0.25) is 9.97 Å². The average Bonchev–Trinajstić information content (AvgIpc) is 3.05. The molecule has 0 saturated heterocycles. The van der Waals surface area contributed by atoms with E-state index in [1.165, 1.54) is 0 Å². The normalized spacial score (nSPS) is 12.4. The van der Waals surface area contributed by atoms with Crippen LogP contribution in [0.1, 0.15) is 23.2 Å². The zero-order chi connectivity index (χ0) is 19.4. The number of nitrogens with one attached hydrogen (secondary N) is 1. The minimum atomic E-state index is -1.39. The molecule has 3 aromatic rings. The van der Waals surface area contributed by atoms with Crippen molar-refractivity contribution >= 4 is 22.2 Å². The van der Waals surface area contributed by atoms with E-state index in [9.17, 15) is 9.66 Å². The van der Waals surface area contributed by atoms with Crippen LogP contribution in [-0.2, 0) is 21.7 Å². The van der Waals surface area contributed by atoms with Crippen molar-refractivity contribution in [2.75, 3.05) is 20.3 Å². The molecule has 0 saturated carbocycles. The number of phenols is 1. The topological polar surface area (TPSA) is 103 Å². The number of aromatic hydroxyl groups is 1. The van der Waals surface area contributed by atoms with Gasteiger partial charge < -0.3 is 19.1 Å². The third-order valence-electron chi connectivity index (χ3n) is 4.27. The van der Waals surface area contributed by atoms with E-state index >= 15 is 0 Å². The number of hydrogen-bond acceptors (Lipinski definition) is 6. The molecule has 2 N–H and O–H groups in total. The molecule has 0 spiro atoms. The van der Waals surface area contributed by atoms with Crippen molar-refractivity contribution < 1.29 is 19.1 Å². The highest BCUT2D eigenvalue weighted by molar-refractivity contribution is 7.90. The highest BCUT2D eigenvalue weighted by Gasteiger charge is 2.21. The van der Waals surface area contributed by atoms with Gasteiger partial charge >= 0.3 is 5.16 Å². The number of aryl methyl sites for hydroxylation is 1. The molecule has 0 aliphatic carbocycles. The van der Waals surface area contributed by atoms with Crippen LogP contribution in [-0.4, -0.2) is 44.9 Å². The van der Waals surface area contributed by atoms with Crippen molar-refractivity contribution in [2.45, 2.75) is 31.2 Å². The minimum Gasteiger partial charge on any atom is -0.609 e. The molecule has 3 rings (SSSR count). The smallest absolute Gasteiger partial charge is 0.322 e. The maximum Gasteiger partial charge on any atom is 0.322 e. The highest BCUT2D eigenvalue weighted by Crippen LogP contribution is 2.26. The van der Waals surface area contributed by atoms with E-state index in [1.54, 1.807) is 38.4 Å². The van der Waals surface area contributed by atoms with E-state index in [-0.39, 0.29) is 11.5 Å². The van der Waals surface area contributed by atoms with Gasteiger partial charge in [-0.1, -0.05) is 0 Å². The Morgan fingerprint density at radius 2 is 2.07 bits per heavy atom. The Hall–Kier alpha value is -2.29. The lowest BCUT2D eigenvalue weighted by Gasteiger charge is -2.12. The number of hydrogen-bond donors (Lipinski definition) is 2. The molecular weight excluding hydrogens is 366 g/mol. The van der Waals surface area contributed by atoms with Crippen molar-refractivity contribution in [3.63, 3.8) is 0 Å². The number of rotatable bonds is 8. The number of pyridine rings is 1. The number of imidazole rings is 1. The predicted molar refractivity (Wildman–Crippen MR) is 104 cm³/mol. The summed E-state index contributed by atoms with van der Waals surface area (Å²) in [5, 5.41) is 10.2. The van der Waals surface area contributed by atoms with Gasteiger partial charge in [0.2, 0.25) is 0 Å². The lowest BCUT2D eigenvalue weighted by atomic mass is 10.2. The fraction of sp³-hybridized carbons (Fsp3) is 0.368. The molecule has 0 bridgehead atoms. The molecule has 1 atom stereocenters. The van der Waals surface area contributed by atoms with Crippen molar-refractivity contribution in [3.05, 3.63) is 41.2 Å². The van der Waals surface area contributed by atoms with Gasteiger partial charge in [0.25, 0.3) is 0 Å². The van der Waals surface area contributed by atoms with Crippen LogP contribution in [0.2, 0.25) is 0 Å². The first kappa shape index (κ1) is 19.5. The number of H-pyrrole nitrogens is 1. The summed E-state index contributed by atoms with van der Waals surface area (Å²) in [7, 11) is 1.66. The number of ether oxygens (including phenoxy) is 2. The summed E-state index contributed by atoms with van der Waals surface area (Å²) in [5.74, 6) is 1.14. The molecule has 2 aromatic heterocycles. The van der Waals surface area contributed by atoms with E-state index in [0.29, 0.717) is 35.1 Å². The Morgan fingerprint density at radius 1 is 1.26 bits per heavy atom. The van der Waals surface area contributed by atoms with Crippen molar-refractivity contribution in [1.82, 2.24) is 15.0 Å². The van der Waals surface area contributed by atoms with Crippen LogP contribution in [0.25, 0.3) is 11.0 Å². The second kappa shape index (κ2) is 8.60. The summed E-state index contributed by atoms with van der Waals surface area (Å²) < 4.78 is 23.6. The van der Waals surface area contributed by atoms with Crippen LogP contribution >= 0.6 is 0 Å². The van der Waals surface area contributed by atoms with Crippen LogP contribution in [0.3, 0.4) is 0 Å². The lowest BCUT2D eigenvalue weighted by Crippen LogP contribution is -2.10. The van der Waals surface area contributed by atoms with Crippen LogP contribution in [0, 0.1) is 13.8 Å². The van der Waals surface area contributed by atoms with E-state index < -0.39 is 11.2 Å². The number of phenolic OH excluding ortho intramolecular Hbond substituents is 1. The summed E-state index contributed by atoms with van der Waals surface area (Å²) in [6.07, 6.45) is 2.45. The summed E-state index contributed by atoms with van der Waals surface area (Å²) >= 11 is -1.39. The molecule has 1 aromatic carbocycles. The molecule has 0 aliphatic rings. The van der Waals surface area contributed by atoms with E-state index in [4.69, 9.17) is 9.47 Å². The lowest BCUT2D eigenvalue weighted by molar-refractivity contribution is 0.172. The highest BCUT2D eigenvalue weighted by atomic mass is 32.2. The summed E-state index contributed by atoms with van der Waals surface area (Å²) in [4.78, 5) is 11.8. The molecule has 1 unspecified atom stereocenters. The Morgan fingerprint density at radius 3 is 2.85 bits per heavy atom. The van der Waals surface area contributed by atoms with Gasteiger partial charge in [0, 0.05) is 49.1 Å². The summed E-state index contributed by atoms with van der Waals surface area (Å²) in [5.41, 5.74) is 3.63. The van der Waals surface area contributed by atoms with Crippen molar-refractivity contribution in [1.29, 1.82) is 0 Å². The number of methoxy groups -OCH3 is 1. The fourth-order valence-electron chi connectivity index (χ4n) is 2.67. The molecule has 0 radical (unpaired) electrons. The second-order valence-electron chi connectivity index (χ2n) is 6.26. The molecular formula is C19H23N3O4S. The van der Waals surface area contributed by atoms with Gasteiger partial charge in [0.15, 0.2) is 5.75 Å². The second-order valence-corrected chi connectivity index (χ2v) is 7.63. The standard InChI is InChI=1S/C19H23N3O4S/c1-12-9-14-15(10-17(12)23)22-19(21-14)27(24)11-16-13(2)18(5-6-20-16)26-8-4-7-25-3/h5-6,9-10,23H,4,7-8,11H2,1-3H3,(H,21,22). The molecule has 27 heavy (non-hydrogen) atoms. The Labute approximate surface area is 160 Å². The monoisotopic (exact) mass is 389 g/mol. The van der Waals surface area contributed by atoms with Gasteiger partial charge in [0.1, 0.15) is 11.5 Å². The third kappa shape index (κ3) is 4.52. The Bertz CT molecular complexity index is 890.